The number of hydrogen-bond donors (Lipinski definition) is 0. The normalized spacial score (nSPS) is 11.6. The number of aryl methyl sites for hydroxylation is 1. The molecule has 0 unspecified atom stereocenters. The molecule has 0 radical (unpaired) electrons. The Labute approximate surface area is 230 Å². The van der Waals surface area contributed by atoms with Crippen molar-refractivity contribution in [2.45, 2.75) is 0 Å². The summed E-state index contributed by atoms with van der Waals surface area (Å²) in [6.07, 6.45) is 5.34. The van der Waals surface area contributed by atoms with E-state index < -0.39 is 0 Å². The number of para-hydroxylation sites is 3. The van der Waals surface area contributed by atoms with Gasteiger partial charge in [0.15, 0.2) is 0 Å². The highest BCUT2D eigenvalue weighted by Gasteiger charge is 2.17. The van der Waals surface area contributed by atoms with Crippen molar-refractivity contribution in [2.24, 2.45) is 7.05 Å². The summed E-state index contributed by atoms with van der Waals surface area (Å²) in [6, 6.07) is 38.2. The van der Waals surface area contributed by atoms with Crippen LogP contribution in [0.5, 0.6) is 0 Å². The molecule has 0 spiro atoms. The van der Waals surface area contributed by atoms with Gasteiger partial charge in [-0.2, -0.15) is 0 Å². The van der Waals surface area contributed by atoms with Gasteiger partial charge in [-0.05, 0) is 66.2 Å². The van der Waals surface area contributed by atoms with Gasteiger partial charge < -0.3 is 13.6 Å². The second kappa shape index (κ2) is 8.82. The number of aromatic nitrogens is 4. The van der Waals surface area contributed by atoms with Crippen LogP contribution in [0, 0.1) is 0 Å². The number of hydrogen-bond acceptors (Lipinski definition) is 3. The topological polar surface area (TPSA) is 48.8 Å². The summed E-state index contributed by atoms with van der Waals surface area (Å²) in [4.78, 5) is 9.64. The molecule has 0 aliphatic rings. The van der Waals surface area contributed by atoms with E-state index in [1.807, 2.05) is 36.5 Å². The first-order chi connectivity index (χ1) is 19.7. The lowest BCUT2D eigenvalue weighted by atomic mass is 10.0. The Morgan fingerprint density at radius 2 is 1.43 bits per heavy atom. The molecule has 0 atom stereocenters. The number of rotatable bonds is 4. The van der Waals surface area contributed by atoms with Gasteiger partial charge in [0, 0.05) is 46.4 Å². The van der Waals surface area contributed by atoms with Crippen LogP contribution >= 0.6 is 0 Å². The Morgan fingerprint density at radius 1 is 0.625 bits per heavy atom. The van der Waals surface area contributed by atoms with Crippen molar-refractivity contribution in [1.29, 1.82) is 0 Å². The SMILES string of the molecule is Cn1c(-c2ccc3c4ccccc4n(-c4cc(-c5ccoc5)cc(-c5ccccn5)c4)c3c2)nc2ccccc21. The van der Waals surface area contributed by atoms with Gasteiger partial charge in [0.05, 0.1) is 40.3 Å². The van der Waals surface area contributed by atoms with Crippen molar-refractivity contribution < 1.29 is 4.42 Å². The van der Waals surface area contributed by atoms with Crippen molar-refractivity contribution in [1.82, 2.24) is 19.1 Å². The molecule has 0 saturated heterocycles. The Balaban J connectivity index is 1.42. The molecule has 4 heterocycles. The van der Waals surface area contributed by atoms with Crippen LogP contribution in [0.1, 0.15) is 0 Å². The van der Waals surface area contributed by atoms with Crippen molar-refractivity contribution in [3.63, 3.8) is 0 Å². The predicted octanol–water partition coefficient (Wildman–Crippen LogP) is 8.66. The van der Waals surface area contributed by atoms with Crippen LogP contribution in [-0.2, 0) is 7.05 Å². The third-order valence-corrected chi connectivity index (χ3v) is 7.71. The largest absolute Gasteiger partial charge is 0.472 e. The summed E-state index contributed by atoms with van der Waals surface area (Å²) in [7, 11) is 2.08. The molecule has 0 saturated carbocycles. The van der Waals surface area contributed by atoms with Crippen molar-refractivity contribution >= 4 is 32.8 Å². The Hall–Kier alpha value is -5.42. The highest BCUT2D eigenvalue weighted by Crippen LogP contribution is 2.37. The molecule has 0 aliphatic carbocycles. The minimum absolute atomic E-state index is 0.926. The van der Waals surface area contributed by atoms with Crippen molar-refractivity contribution in [3.05, 3.63) is 128 Å². The summed E-state index contributed by atoms with van der Waals surface area (Å²) in [5.74, 6) is 0.946. The van der Waals surface area contributed by atoms with E-state index in [0.29, 0.717) is 0 Å². The van der Waals surface area contributed by atoms with Crippen LogP contribution in [-0.4, -0.2) is 19.1 Å². The highest BCUT2D eigenvalue weighted by atomic mass is 16.3. The Morgan fingerprint density at radius 3 is 2.25 bits per heavy atom. The average Bonchev–Trinajstić information content (AvgIpc) is 3.74. The monoisotopic (exact) mass is 516 g/mol. The minimum atomic E-state index is 0.926. The maximum Gasteiger partial charge on any atom is 0.140 e. The quantitative estimate of drug-likeness (QED) is 0.235. The van der Waals surface area contributed by atoms with Gasteiger partial charge in [0.2, 0.25) is 0 Å². The molecule has 5 nitrogen and oxygen atoms in total. The van der Waals surface area contributed by atoms with Gasteiger partial charge in [-0.3, -0.25) is 4.98 Å². The lowest BCUT2D eigenvalue weighted by Gasteiger charge is -2.13. The molecule has 5 heteroatoms. The van der Waals surface area contributed by atoms with Crippen LogP contribution in [0.25, 0.3) is 72.3 Å². The van der Waals surface area contributed by atoms with Gasteiger partial charge in [0.25, 0.3) is 0 Å². The first-order valence-electron chi connectivity index (χ1n) is 13.3. The molecule has 4 aromatic carbocycles. The summed E-state index contributed by atoms with van der Waals surface area (Å²) in [6.45, 7) is 0. The van der Waals surface area contributed by atoms with Crippen LogP contribution in [0.15, 0.2) is 132 Å². The van der Waals surface area contributed by atoms with Gasteiger partial charge in [0.1, 0.15) is 5.82 Å². The summed E-state index contributed by atoms with van der Waals surface area (Å²) < 4.78 is 9.98. The number of nitrogens with zero attached hydrogens (tertiary/aromatic N) is 4. The molecule has 0 fully saturated rings. The molecule has 0 N–H and O–H groups in total. The predicted molar refractivity (Wildman–Crippen MR) is 161 cm³/mol. The van der Waals surface area contributed by atoms with Crippen molar-refractivity contribution in [2.75, 3.05) is 0 Å². The van der Waals surface area contributed by atoms with E-state index in [9.17, 15) is 0 Å². The molecule has 8 aromatic rings. The van der Waals surface area contributed by atoms with E-state index in [0.717, 1.165) is 61.5 Å². The molecule has 4 aromatic heterocycles. The number of imidazole rings is 1. The van der Waals surface area contributed by atoms with Crippen LogP contribution in [0.3, 0.4) is 0 Å². The third kappa shape index (κ3) is 3.48. The average molecular weight is 517 g/mol. The molecule has 190 valence electrons. The van der Waals surface area contributed by atoms with E-state index in [1.54, 1.807) is 12.5 Å². The molecule has 0 aliphatic heterocycles. The van der Waals surface area contributed by atoms with E-state index in [-0.39, 0.29) is 0 Å². The lowest BCUT2D eigenvalue weighted by Crippen LogP contribution is -1.97. The molecule has 40 heavy (non-hydrogen) atoms. The lowest BCUT2D eigenvalue weighted by molar-refractivity contribution is 0.568. The highest BCUT2D eigenvalue weighted by molar-refractivity contribution is 6.10. The molecular weight excluding hydrogens is 492 g/mol. The fourth-order valence-corrected chi connectivity index (χ4v) is 5.81. The third-order valence-electron chi connectivity index (χ3n) is 7.71. The zero-order chi connectivity index (χ0) is 26.6. The van der Waals surface area contributed by atoms with Crippen LogP contribution < -0.4 is 0 Å². The van der Waals surface area contributed by atoms with Gasteiger partial charge in [-0.1, -0.05) is 48.5 Å². The van der Waals surface area contributed by atoms with Gasteiger partial charge in [-0.15, -0.1) is 0 Å². The van der Waals surface area contributed by atoms with Gasteiger partial charge >= 0.3 is 0 Å². The zero-order valence-corrected chi connectivity index (χ0v) is 21.8. The number of benzene rings is 4. The second-order valence-electron chi connectivity index (χ2n) is 10.1. The van der Waals surface area contributed by atoms with Crippen molar-refractivity contribution in [3.8, 4) is 39.5 Å². The van der Waals surface area contributed by atoms with E-state index in [2.05, 4.69) is 100 Å². The number of furan rings is 1. The van der Waals surface area contributed by atoms with Gasteiger partial charge in [-0.25, -0.2) is 4.98 Å². The number of pyridine rings is 1. The molecule has 0 amide bonds. The van der Waals surface area contributed by atoms with Crippen LogP contribution in [0.4, 0.5) is 0 Å². The summed E-state index contributed by atoms with van der Waals surface area (Å²) >= 11 is 0. The first-order valence-corrected chi connectivity index (χ1v) is 13.3. The maximum absolute atomic E-state index is 5.45. The maximum atomic E-state index is 5.45. The van der Waals surface area contributed by atoms with Crippen LogP contribution in [0.2, 0.25) is 0 Å². The first kappa shape index (κ1) is 22.6. The molecular formula is C35H24N4O. The Kier molecular flexibility index (Phi) is 4.97. The fraction of sp³-hybridized carbons (Fsp3) is 0.0286. The smallest absolute Gasteiger partial charge is 0.140 e. The number of fused-ring (bicyclic) bond motifs is 4. The summed E-state index contributed by atoms with van der Waals surface area (Å²) in [5.41, 5.74) is 10.6. The summed E-state index contributed by atoms with van der Waals surface area (Å²) in [5, 5.41) is 2.41. The van der Waals surface area contributed by atoms with E-state index in [1.165, 1.54) is 10.8 Å². The minimum Gasteiger partial charge on any atom is -0.472 e. The zero-order valence-electron chi connectivity index (χ0n) is 21.8. The molecule has 0 bridgehead atoms. The van der Waals surface area contributed by atoms with E-state index >= 15 is 0 Å². The second-order valence-corrected chi connectivity index (χ2v) is 10.1. The van der Waals surface area contributed by atoms with E-state index in [4.69, 9.17) is 9.40 Å². The Bertz CT molecular complexity index is 2170. The standard InChI is InChI=1S/C35H24N4O/c1-38-33-12-5-3-10-31(33)37-35(38)23-13-14-29-28-8-2-4-11-32(28)39(34(29)21-23)27-19-25(24-15-17-40-22-24)18-26(20-27)30-9-6-7-16-36-30/h2-22H,1H3. The molecule has 8 rings (SSSR count). The fourth-order valence-electron chi connectivity index (χ4n) is 5.81.